The second-order valence-electron chi connectivity index (χ2n) is 9.83. The maximum Gasteiger partial charge on any atom is 0.410 e. The monoisotopic (exact) mass is 507 g/mol. The van der Waals surface area contributed by atoms with E-state index < -0.39 is 52.9 Å². The number of hydrogen-bond donors (Lipinski definition) is 0. The van der Waals surface area contributed by atoms with Gasteiger partial charge in [-0.25, -0.2) is 18.0 Å². The topological polar surface area (TPSA) is 55.8 Å². The first-order valence-corrected chi connectivity index (χ1v) is 12.3. The molecule has 190 valence electrons. The highest BCUT2D eigenvalue weighted by atomic mass is 19.1. The van der Waals surface area contributed by atoms with Crippen molar-refractivity contribution in [2.75, 3.05) is 19.8 Å². The molecule has 6 rings (SSSR count). The molecule has 0 aromatic heterocycles. The molecule has 2 unspecified atom stereocenters. The van der Waals surface area contributed by atoms with Gasteiger partial charge in [0.05, 0.1) is 30.9 Å². The van der Waals surface area contributed by atoms with Crippen LogP contribution in [0.25, 0.3) is 11.1 Å². The zero-order valence-electron chi connectivity index (χ0n) is 19.8. The highest BCUT2D eigenvalue weighted by Gasteiger charge is 2.45. The number of rotatable bonds is 4. The van der Waals surface area contributed by atoms with Crippen LogP contribution in [0.3, 0.4) is 0 Å². The third-order valence-corrected chi connectivity index (χ3v) is 7.69. The van der Waals surface area contributed by atoms with Crippen LogP contribution in [0, 0.1) is 23.4 Å². The minimum absolute atomic E-state index is 0.0871. The summed E-state index contributed by atoms with van der Waals surface area (Å²) in [6.07, 6.45) is -0.142. The van der Waals surface area contributed by atoms with Crippen LogP contribution < -0.4 is 0 Å². The second-order valence-corrected chi connectivity index (χ2v) is 9.83. The van der Waals surface area contributed by atoms with Crippen LogP contribution in [-0.4, -0.2) is 48.7 Å². The average molecular weight is 508 g/mol. The van der Waals surface area contributed by atoms with E-state index in [0.717, 1.165) is 22.3 Å². The summed E-state index contributed by atoms with van der Waals surface area (Å²) in [6, 6.07) is 16.2. The maximum absolute atomic E-state index is 14.3. The van der Waals surface area contributed by atoms with E-state index in [9.17, 15) is 22.8 Å². The molecule has 2 bridgehead atoms. The van der Waals surface area contributed by atoms with Crippen molar-refractivity contribution in [1.82, 2.24) is 4.90 Å². The summed E-state index contributed by atoms with van der Waals surface area (Å²) in [5.41, 5.74) is 3.73. The van der Waals surface area contributed by atoms with Gasteiger partial charge in [-0.15, -0.1) is 0 Å². The number of Topliss-reactive ketones (excluding diaryl/α,β-unsaturated/α-hetero) is 1. The Morgan fingerprint density at radius 1 is 0.865 bits per heavy atom. The maximum atomic E-state index is 14.3. The SMILES string of the molecule is O=C(c1c(F)cc(F)cc1F)C1CC2COCC(C1)N2C(=O)OCC1c2ccccc2-c2ccccc21. The largest absolute Gasteiger partial charge is 0.448 e. The van der Waals surface area contributed by atoms with Crippen LogP contribution >= 0.6 is 0 Å². The van der Waals surface area contributed by atoms with Gasteiger partial charge in [0.15, 0.2) is 5.78 Å². The summed E-state index contributed by atoms with van der Waals surface area (Å²) in [5.74, 6) is -5.05. The Morgan fingerprint density at radius 2 is 1.41 bits per heavy atom. The van der Waals surface area contributed by atoms with E-state index in [1.54, 1.807) is 4.90 Å². The molecule has 3 aromatic rings. The smallest absolute Gasteiger partial charge is 0.410 e. The van der Waals surface area contributed by atoms with Crippen molar-refractivity contribution in [3.63, 3.8) is 0 Å². The number of carbonyl (C=O) groups is 2. The van der Waals surface area contributed by atoms with Gasteiger partial charge in [-0.2, -0.15) is 0 Å². The van der Waals surface area contributed by atoms with Gasteiger partial charge in [0.2, 0.25) is 0 Å². The summed E-state index contributed by atoms with van der Waals surface area (Å²) < 4.78 is 53.3. The zero-order chi connectivity index (χ0) is 25.7. The number of amides is 1. The quantitative estimate of drug-likeness (QED) is 0.424. The van der Waals surface area contributed by atoms with Gasteiger partial charge < -0.3 is 9.47 Å². The van der Waals surface area contributed by atoms with Gasteiger partial charge in [-0.05, 0) is 35.1 Å². The Labute approximate surface area is 211 Å². The molecule has 0 spiro atoms. The van der Waals surface area contributed by atoms with Crippen LogP contribution in [0.2, 0.25) is 0 Å². The van der Waals surface area contributed by atoms with E-state index >= 15 is 0 Å². The number of benzene rings is 3. The summed E-state index contributed by atoms with van der Waals surface area (Å²) in [7, 11) is 0. The van der Waals surface area contributed by atoms with Crippen molar-refractivity contribution in [2.24, 2.45) is 5.92 Å². The number of piperidine rings is 1. The average Bonchev–Trinajstić information content (AvgIpc) is 3.19. The van der Waals surface area contributed by atoms with E-state index in [1.165, 1.54) is 0 Å². The molecule has 2 heterocycles. The van der Waals surface area contributed by atoms with Crippen molar-refractivity contribution < 1.29 is 32.2 Å². The van der Waals surface area contributed by atoms with Crippen LogP contribution in [0.15, 0.2) is 60.7 Å². The molecule has 8 heteroatoms. The number of ketones is 1. The highest BCUT2D eigenvalue weighted by Crippen LogP contribution is 2.45. The van der Waals surface area contributed by atoms with Crippen LogP contribution in [-0.2, 0) is 9.47 Å². The molecule has 2 fully saturated rings. The molecule has 2 aliphatic heterocycles. The number of nitrogens with zero attached hydrogens (tertiary/aromatic N) is 1. The van der Waals surface area contributed by atoms with Crippen molar-refractivity contribution >= 4 is 11.9 Å². The zero-order valence-corrected chi connectivity index (χ0v) is 19.8. The van der Waals surface area contributed by atoms with Crippen molar-refractivity contribution in [1.29, 1.82) is 0 Å². The van der Waals surface area contributed by atoms with Gasteiger partial charge in [0.1, 0.15) is 24.1 Å². The number of ether oxygens (including phenoxy) is 2. The number of hydrogen-bond acceptors (Lipinski definition) is 4. The van der Waals surface area contributed by atoms with E-state index in [0.29, 0.717) is 12.1 Å². The van der Waals surface area contributed by atoms with Gasteiger partial charge >= 0.3 is 6.09 Å². The molecule has 2 atom stereocenters. The standard InChI is InChI=1S/C29H24F3NO4/c30-17-11-25(31)27(26(32)12-17)28(34)16-9-18-13-36-14-19(10-16)33(18)29(35)37-15-24-22-7-3-1-5-20(22)21-6-2-4-8-23(21)24/h1-8,11-12,16,18-19,24H,9-10,13-15H2. The normalized spacial score (nSPS) is 22.4. The predicted molar refractivity (Wildman–Crippen MR) is 129 cm³/mol. The Kier molecular flexibility index (Phi) is 5.99. The van der Waals surface area contributed by atoms with Crippen LogP contribution in [0.5, 0.6) is 0 Å². The van der Waals surface area contributed by atoms with E-state index in [2.05, 4.69) is 12.1 Å². The van der Waals surface area contributed by atoms with Gasteiger partial charge in [-0.3, -0.25) is 9.69 Å². The first-order valence-electron chi connectivity index (χ1n) is 12.3. The summed E-state index contributed by atoms with van der Waals surface area (Å²) >= 11 is 0. The van der Waals surface area contributed by atoms with E-state index in [-0.39, 0.29) is 38.6 Å². The Morgan fingerprint density at radius 3 is 1.97 bits per heavy atom. The fraction of sp³-hybridized carbons (Fsp3) is 0.310. The first kappa shape index (κ1) is 23.7. The molecule has 2 saturated heterocycles. The Bertz CT molecular complexity index is 1310. The molecular weight excluding hydrogens is 483 g/mol. The first-order chi connectivity index (χ1) is 17.9. The van der Waals surface area contributed by atoms with Crippen molar-refractivity contribution in [2.45, 2.75) is 30.8 Å². The molecule has 1 amide bonds. The van der Waals surface area contributed by atoms with Gasteiger partial charge in [-0.1, -0.05) is 48.5 Å². The lowest BCUT2D eigenvalue weighted by molar-refractivity contribution is -0.0748. The second kappa shape index (κ2) is 9.34. The summed E-state index contributed by atoms with van der Waals surface area (Å²) in [4.78, 5) is 27.9. The third-order valence-electron chi connectivity index (χ3n) is 7.69. The third kappa shape index (κ3) is 4.09. The van der Waals surface area contributed by atoms with E-state index in [1.807, 2.05) is 36.4 Å². The highest BCUT2D eigenvalue weighted by molar-refractivity contribution is 5.98. The number of morpholine rings is 1. The molecule has 37 heavy (non-hydrogen) atoms. The van der Waals surface area contributed by atoms with Crippen molar-refractivity contribution in [3.8, 4) is 11.1 Å². The molecule has 0 saturated carbocycles. The Balaban J connectivity index is 1.18. The van der Waals surface area contributed by atoms with Gasteiger partial charge in [0.25, 0.3) is 0 Å². The van der Waals surface area contributed by atoms with Crippen LogP contribution in [0.1, 0.15) is 40.2 Å². The lowest BCUT2D eigenvalue weighted by atomic mass is 9.80. The summed E-state index contributed by atoms with van der Waals surface area (Å²) in [5, 5.41) is 0. The minimum Gasteiger partial charge on any atom is -0.448 e. The number of halogens is 3. The molecule has 0 N–H and O–H groups in total. The van der Waals surface area contributed by atoms with Crippen molar-refractivity contribution in [3.05, 3.63) is 94.8 Å². The number of carbonyl (C=O) groups excluding carboxylic acids is 2. The summed E-state index contributed by atoms with van der Waals surface area (Å²) in [6.45, 7) is 0.551. The fourth-order valence-corrected chi connectivity index (χ4v) is 6.08. The lowest BCUT2D eigenvalue weighted by Gasteiger charge is -2.47. The fourth-order valence-electron chi connectivity index (χ4n) is 6.08. The molecule has 0 radical (unpaired) electrons. The molecular formula is C29H24F3NO4. The van der Waals surface area contributed by atoms with Crippen LogP contribution in [0.4, 0.5) is 18.0 Å². The molecule has 3 aromatic carbocycles. The Hall–Kier alpha value is -3.65. The van der Waals surface area contributed by atoms with Gasteiger partial charge in [0, 0.05) is 24.0 Å². The molecule has 5 nitrogen and oxygen atoms in total. The number of fused-ring (bicyclic) bond motifs is 5. The van der Waals surface area contributed by atoms with E-state index in [4.69, 9.17) is 9.47 Å². The minimum atomic E-state index is -1.22. The lowest BCUT2D eigenvalue weighted by Crippen LogP contribution is -2.60. The molecule has 3 aliphatic rings. The molecule has 1 aliphatic carbocycles. The predicted octanol–water partition coefficient (Wildman–Crippen LogP) is 5.72.